The number of sulfonamides is 1. The van der Waals surface area contributed by atoms with Crippen molar-refractivity contribution in [2.75, 3.05) is 18.4 Å². The van der Waals surface area contributed by atoms with Crippen molar-refractivity contribution in [2.45, 2.75) is 30.8 Å². The Labute approximate surface area is 183 Å². The summed E-state index contributed by atoms with van der Waals surface area (Å²) in [5.74, 6) is -1.69. The average molecular weight is 497 g/mol. The largest absolute Gasteiger partial charge is 0.507 e. The molecule has 1 aliphatic heterocycles. The maximum absolute atomic E-state index is 12.5. The molecular formula is C20H21BrN2O6S. The van der Waals surface area contributed by atoms with E-state index in [0.29, 0.717) is 23.2 Å². The Kier molecular flexibility index (Phi) is 6.79. The zero-order chi connectivity index (χ0) is 21.9. The fourth-order valence-electron chi connectivity index (χ4n) is 2.98. The van der Waals surface area contributed by atoms with Crippen LogP contribution in [0.5, 0.6) is 5.75 Å². The second-order valence-electron chi connectivity index (χ2n) is 6.83. The van der Waals surface area contributed by atoms with E-state index >= 15 is 0 Å². The van der Waals surface area contributed by atoms with Gasteiger partial charge < -0.3 is 15.2 Å². The maximum Gasteiger partial charge on any atom is 0.342 e. The van der Waals surface area contributed by atoms with Gasteiger partial charge in [-0.3, -0.25) is 4.79 Å². The molecule has 0 radical (unpaired) electrons. The summed E-state index contributed by atoms with van der Waals surface area (Å²) in [5.41, 5.74) is 0.300. The quantitative estimate of drug-likeness (QED) is 0.593. The molecule has 1 amide bonds. The van der Waals surface area contributed by atoms with Crippen LogP contribution in [-0.4, -0.2) is 48.9 Å². The summed E-state index contributed by atoms with van der Waals surface area (Å²) in [6.07, 6.45) is 0.563. The highest BCUT2D eigenvalue weighted by Crippen LogP contribution is 2.24. The summed E-state index contributed by atoms with van der Waals surface area (Å²) in [5, 5.41) is 12.4. The summed E-state index contributed by atoms with van der Waals surface area (Å²) in [7, 11) is -3.53. The van der Waals surface area contributed by atoms with Gasteiger partial charge in [0.25, 0.3) is 5.91 Å². The van der Waals surface area contributed by atoms with Crippen LogP contribution in [0.2, 0.25) is 0 Å². The fraction of sp³-hybridized carbons (Fsp3) is 0.300. The normalized spacial score (nSPS) is 15.5. The Morgan fingerprint density at radius 1 is 1.13 bits per heavy atom. The number of esters is 1. The zero-order valence-corrected chi connectivity index (χ0v) is 18.6. The van der Waals surface area contributed by atoms with Crippen molar-refractivity contribution >= 4 is 43.5 Å². The van der Waals surface area contributed by atoms with Gasteiger partial charge in [0.1, 0.15) is 11.3 Å². The first-order chi connectivity index (χ1) is 14.2. The Morgan fingerprint density at radius 3 is 2.40 bits per heavy atom. The second-order valence-corrected chi connectivity index (χ2v) is 9.69. The molecule has 1 atom stereocenters. The van der Waals surface area contributed by atoms with E-state index in [9.17, 15) is 23.1 Å². The molecule has 0 saturated carbocycles. The molecule has 0 unspecified atom stereocenters. The SMILES string of the molecule is C[C@H](OC(=O)c1cc(Br)ccc1O)C(=O)Nc1ccc(S(=O)(=O)N2CCCC2)cc1. The first-order valence-electron chi connectivity index (χ1n) is 9.29. The maximum atomic E-state index is 12.5. The van der Waals surface area contributed by atoms with Crippen molar-refractivity contribution < 1.29 is 27.9 Å². The van der Waals surface area contributed by atoms with E-state index < -0.39 is 28.0 Å². The molecule has 30 heavy (non-hydrogen) atoms. The second kappa shape index (κ2) is 9.15. The van der Waals surface area contributed by atoms with Crippen molar-refractivity contribution in [3.05, 3.63) is 52.5 Å². The smallest absolute Gasteiger partial charge is 0.342 e. The number of carbonyl (C=O) groups is 2. The molecule has 2 aromatic rings. The molecule has 1 heterocycles. The molecule has 0 aliphatic carbocycles. The number of phenols is 1. The molecule has 1 saturated heterocycles. The number of ether oxygens (including phenoxy) is 1. The van der Waals surface area contributed by atoms with E-state index in [0.717, 1.165) is 12.8 Å². The molecule has 3 rings (SSSR count). The van der Waals surface area contributed by atoms with Gasteiger partial charge in [0.2, 0.25) is 10.0 Å². The third kappa shape index (κ3) is 5.00. The summed E-state index contributed by atoms with van der Waals surface area (Å²) in [6, 6.07) is 10.1. The number of nitrogens with one attached hydrogen (secondary N) is 1. The van der Waals surface area contributed by atoms with Crippen molar-refractivity contribution in [3.63, 3.8) is 0 Å². The van der Waals surface area contributed by atoms with Crippen LogP contribution in [0.3, 0.4) is 0 Å². The van der Waals surface area contributed by atoms with Gasteiger partial charge in [0, 0.05) is 23.2 Å². The topological polar surface area (TPSA) is 113 Å². The van der Waals surface area contributed by atoms with E-state index in [2.05, 4.69) is 21.2 Å². The van der Waals surface area contributed by atoms with Crippen LogP contribution in [0, 0.1) is 0 Å². The van der Waals surface area contributed by atoms with Crippen LogP contribution in [0.25, 0.3) is 0 Å². The van der Waals surface area contributed by atoms with Crippen molar-refractivity contribution in [1.29, 1.82) is 0 Å². The number of hydrogen-bond donors (Lipinski definition) is 2. The molecule has 1 aliphatic rings. The predicted octanol–water partition coefficient (Wildman–Crippen LogP) is 3.12. The van der Waals surface area contributed by atoms with Crippen molar-refractivity contribution in [2.24, 2.45) is 0 Å². The van der Waals surface area contributed by atoms with Crippen LogP contribution < -0.4 is 5.32 Å². The van der Waals surface area contributed by atoms with Gasteiger partial charge in [-0.1, -0.05) is 15.9 Å². The molecule has 0 spiro atoms. The number of nitrogens with zero attached hydrogens (tertiary/aromatic N) is 1. The number of rotatable bonds is 6. The van der Waals surface area contributed by atoms with Crippen molar-refractivity contribution in [3.8, 4) is 5.75 Å². The number of anilines is 1. The summed E-state index contributed by atoms with van der Waals surface area (Å²) in [4.78, 5) is 24.7. The molecular weight excluding hydrogens is 476 g/mol. The van der Waals surface area contributed by atoms with Gasteiger partial charge in [-0.25, -0.2) is 13.2 Å². The number of benzene rings is 2. The van der Waals surface area contributed by atoms with Crippen LogP contribution in [-0.2, 0) is 19.6 Å². The Hall–Kier alpha value is -2.43. The lowest BCUT2D eigenvalue weighted by molar-refractivity contribution is -0.123. The Morgan fingerprint density at radius 2 is 1.77 bits per heavy atom. The van der Waals surface area contributed by atoms with Gasteiger partial charge in [0.15, 0.2) is 6.10 Å². The number of phenolic OH excluding ortho intramolecular Hbond substituents is 1. The number of amides is 1. The zero-order valence-electron chi connectivity index (χ0n) is 16.2. The lowest BCUT2D eigenvalue weighted by Gasteiger charge is -2.16. The minimum atomic E-state index is -3.53. The molecule has 2 N–H and O–H groups in total. The van der Waals surface area contributed by atoms with Gasteiger partial charge in [-0.2, -0.15) is 4.31 Å². The minimum Gasteiger partial charge on any atom is -0.507 e. The van der Waals surface area contributed by atoms with Crippen molar-refractivity contribution in [1.82, 2.24) is 4.31 Å². The number of aromatic hydroxyl groups is 1. The Bertz CT molecular complexity index is 1050. The highest BCUT2D eigenvalue weighted by molar-refractivity contribution is 9.10. The third-order valence-corrected chi connectivity index (χ3v) is 7.06. The van der Waals surface area contributed by atoms with Gasteiger partial charge in [-0.05, 0) is 62.2 Å². The lowest BCUT2D eigenvalue weighted by Crippen LogP contribution is -2.30. The number of halogens is 1. The first kappa shape index (κ1) is 22.3. The van der Waals surface area contributed by atoms with Crippen LogP contribution in [0.15, 0.2) is 51.8 Å². The fourth-order valence-corrected chi connectivity index (χ4v) is 4.86. The monoisotopic (exact) mass is 496 g/mol. The van der Waals surface area contributed by atoms with E-state index in [1.807, 2.05) is 0 Å². The summed E-state index contributed by atoms with van der Waals surface area (Å²) >= 11 is 3.20. The van der Waals surface area contributed by atoms with Crippen LogP contribution in [0.4, 0.5) is 5.69 Å². The van der Waals surface area contributed by atoms with Crippen LogP contribution >= 0.6 is 15.9 Å². The molecule has 10 heteroatoms. The van der Waals surface area contributed by atoms with E-state index in [4.69, 9.17) is 4.74 Å². The van der Waals surface area contributed by atoms with E-state index in [1.165, 1.54) is 47.6 Å². The highest BCUT2D eigenvalue weighted by atomic mass is 79.9. The summed E-state index contributed by atoms with van der Waals surface area (Å²) in [6.45, 7) is 2.42. The molecule has 0 bridgehead atoms. The van der Waals surface area contributed by atoms with Gasteiger partial charge >= 0.3 is 5.97 Å². The molecule has 160 valence electrons. The third-order valence-electron chi connectivity index (χ3n) is 4.66. The van der Waals surface area contributed by atoms with Gasteiger partial charge in [0.05, 0.1) is 4.90 Å². The van der Waals surface area contributed by atoms with E-state index in [1.54, 1.807) is 6.07 Å². The molecule has 2 aromatic carbocycles. The van der Waals surface area contributed by atoms with Gasteiger partial charge in [-0.15, -0.1) is 0 Å². The first-order valence-corrected chi connectivity index (χ1v) is 11.5. The number of hydrogen-bond acceptors (Lipinski definition) is 6. The molecule has 1 fully saturated rings. The standard InChI is InChI=1S/C20H21BrN2O6S/c1-13(29-20(26)17-12-14(21)4-9-18(17)24)19(25)22-15-5-7-16(8-6-15)30(27,28)23-10-2-3-11-23/h4-9,12-13,24H,2-3,10-11H2,1H3,(H,22,25)/t13-/m0/s1. The highest BCUT2D eigenvalue weighted by Gasteiger charge is 2.27. The minimum absolute atomic E-state index is 0.0690. The summed E-state index contributed by atoms with van der Waals surface area (Å²) < 4.78 is 32.2. The average Bonchev–Trinajstić information content (AvgIpc) is 3.26. The predicted molar refractivity (Wildman–Crippen MR) is 114 cm³/mol. The lowest BCUT2D eigenvalue weighted by atomic mass is 10.2. The number of carbonyl (C=O) groups excluding carboxylic acids is 2. The molecule has 0 aromatic heterocycles. The Balaban J connectivity index is 1.62. The van der Waals surface area contributed by atoms with E-state index in [-0.39, 0.29) is 16.2 Å². The molecule has 8 nitrogen and oxygen atoms in total. The van der Waals surface area contributed by atoms with Crippen LogP contribution in [0.1, 0.15) is 30.1 Å².